The van der Waals surface area contributed by atoms with Gasteiger partial charge in [-0.15, -0.1) is 0 Å². The van der Waals surface area contributed by atoms with Crippen LogP contribution >= 0.6 is 0 Å². The molecule has 1 aromatic heterocycles. The molecule has 1 heterocycles. The third kappa shape index (κ3) is 2.94. The monoisotopic (exact) mass is 304 g/mol. The van der Waals surface area contributed by atoms with Gasteiger partial charge in [-0.3, -0.25) is 10.1 Å². The smallest absolute Gasteiger partial charge is 0.313 e. The Labute approximate surface area is 129 Å². The van der Waals surface area contributed by atoms with E-state index in [0.29, 0.717) is 5.69 Å². The van der Waals surface area contributed by atoms with E-state index in [-0.39, 0.29) is 11.4 Å². The molecule has 0 aliphatic carbocycles. The van der Waals surface area contributed by atoms with Gasteiger partial charge < -0.3 is 10.1 Å². The van der Waals surface area contributed by atoms with E-state index >= 15 is 0 Å². The highest BCUT2D eigenvalue weighted by Gasteiger charge is 2.18. The normalized spacial score (nSPS) is 10.7. The minimum atomic E-state index is -0.451. The van der Waals surface area contributed by atoms with Gasteiger partial charge in [-0.05, 0) is 32.5 Å². The summed E-state index contributed by atoms with van der Waals surface area (Å²) < 4.78 is 6.76. The molecule has 1 N–H and O–H groups in total. The molecular weight excluding hydrogens is 284 g/mol. The minimum Gasteiger partial charge on any atom is -0.490 e. The Morgan fingerprint density at radius 2 is 2.14 bits per heavy atom. The molecule has 7 heteroatoms. The second kappa shape index (κ2) is 6.57. The number of nitro groups is 1. The molecule has 22 heavy (non-hydrogen) atoms. The van der Waals surface area contributed by atoms with Gasteiger partial charge in [0.15, 0.2) is 5.75 Å². The predicted molar refractivity (Wildman–Crippen MR) is 83.6 cm³/mol. The molecule has 0 atom stereocenters. The van der Waals surface area contributed by atoms with Crippen LogP contribution in [-0.2, 0) is 6.54 Å². The molecule has 0 spiro atoms. The lowest BCUT2D eigenvalue weighted by molar-refractivity contribution is -0.385. The van der Waals surface area contributed by atoms with Crippen molar-refractivity contribution in [3.05, 3.63) is 45.3 Å². The van der Waals surface area contributed by atoms with Crippen LogP contribution < -0.4 is 10.1 Å². The van der Waals surface area contributed by atoms with E-state index < -0.39 is 4.92 Å². The molecule has 0 aliphatic heterocycles. The number of nitrogens with one attached hydrogen (secondary N) is 1. The van der Waals surface area contributed by atoms with Crippen molar-refractivity contribution in [3.63, 3.8) is 0 Å². The number of nitrogens with zero attached hydrogens (tertiary/aromatic N) is 3. The summed E-state index contributed by atoms with van der Waals surface area (Å²) >= 11 is 0. The lowest BCUT2D eigenvalue weighted by Crippen LogP contribution is -2.13. The Morgan fingerprint density at radius 1 is 1.41 bits per heavy atom. The molecule has 0 saturated carbocycles. The summed E-state index contributed by atoms with van der Waals surface area (Å²) in [5.74, 6) is 0.239. The summed E-state index contributed by atoms with van der Waals surface area (Å²) in [6, 6.07) is 4.84. The van der Waals surface area contributed by atoms with E-state index in [1.54, 1.807) is 16.8 Å². The van der Waals surface area contributed by atoms with E-state index in [9.17, 15) is 10.1 Å². The largest absolute Gasteiger partial charge is 0.490 e. The number of nitro benzene ring substituents is 1. The molecule has 0 radical (unpaired) electrons. The van der Waals surface area contributed by atoms with Gasteiger partial charge in [0, 0.05) is 23.9 Å². The van der Waals surface area contributed by atoms with Gasteiger partial charge in [-0.25, -0.2) is 4.68 Å². The number of benzene rings is 1. The average molecular weight is 304 g/mol. The molecule has 0 bridgehead atoms. The van der Waals surface area contributed by atoms with Crippen LogP contribution in [0.2, 0.25) is 0 Å². The standard InChI is InChI=1S/C15H20N4O3/c1-5-16-9-13-10(2)17-18(11(13)3)12-6-7-15(22-4)14(8-12)19(20)21/h6-8,16H,5,9H2,1-4H3. The number of rotatable bonds is 6. The van der Waals surface area contributed by atoms with E-state index in [0.717, 1.165) is 30.0 Å². The van der Waals surface area contributed by atoms with Crippen molar-refractivity contribution in [2.45, 2.75) is 27.3 Å². The molecular formula is C15H20N4O3. The van der Waals surface area contributed by atoms with Gasteiger partial charge >= 0.3 is 5.69 Å². The maximum atomic E-state index is 11.1. The van der Waals surface area contributed by atoms with Gasteiger partial charge in [0.05, 0.1) is 23.4 Å². The number of methoxy groups -OCH3 is 1. The molecule has 0 saturated heterocycles. The number of aryl methyl sites for hydroxylation is 1. The maximum absolute atomic E-state index is 11.1. The van der Waals surface area contributed by atoms with Crippen molar-refractivity contribution in [3.8, 4) is 11.4 Å². The summed E-state index contributed by atoms with van der Waals surface area (Å²) in [5.41, 5.74) is 3.58. The second-order valence-corrected chi connectivity index (χ2v) is 4.95. The summed E-state index contributed by atoms with van der Waals surface area (Å²) in [6.45, 7) is 7.54. The maximum Gasteiger partial charge on any atom is 0.313 e. The fraction of sp³-hybridized carbons (Fsp3) is 0.400. The molecule has 118 valence electrons. The molecule has 2 rings (SSSR count). The Bertz CT molecular complexity index is 694. The lowest BCUT2D eigenvalue weighted by Gasteiger charge is -2.08. The highest BCUT2D eigenvalue weighted by Crippen LogP contribution is 2.30. The first kappa shape index (κ1) is 16.0. The third-order valence-electron chi connectivity index (χ3n) is 3.60. The Kier molecular flexibility index (Phi) is 4.77. The van der Waals surface area contributed by atoms with Gasteiger partial charge in [0.25, 0.3) is 0 Å². The topological polar surface area (TPSA) is 82.2 Å². The zero-order valence-corrected chi connectivity index (χ0v) is 13.2. The van der Waals surface area contributed by atoms with E-state index in [4.69, 9.17) is 4.74 Å². The Balaban J connectivity index is 2.48. The number of hydrogen-bond donors (Lipinski definition) is 1. The van der Waals surface area contributed by atoms with Crippen molar-refractivity contribution < 1.29 is 9.66 Å². The summed E-state index contributed by atoms with van der Waals surface area (Å²) in [7, 11) is 1.42. The molecule has 0 unspecified atom stereocenters. The van der Waals surface area contributed by atoms with Crippen molar-refractivity contribution in [2.24, 2.45) is 0 Å². The van der Waals surface area contributed by atoms with Gasteiger partial charge in [-0.1, -0.05) is 6.92 Å². The van der Waals surface area contributed by atoms with Crippen LogP contribution in [0.5, 0.6) is 5.75 Å². The van der Waals surface area contributed by atoms with Crippen LogP contribution in [0.4, 0.5) is 5.69 Å². The summed E-state index contributed by atoms with van der Waals surface area (Å²) in [4.78, 5) is 10.7. The van der Waals surface area contributed by atoms with E-state index in [2.05, 4.69) is 10.4 Å². The molecule has 2 aromatic rings. The molecule has 0 fully saturated rings. The zero-order chi connectivity index (χ0) is 16.3. The first-order valence-corrected chi connectivity index (χ1v) is 7.08. The van der Waals surface area contributed by atoms with Crippen molar-refractivity contribution in [1.82, 2.24) is 15.1 Å². The third-order valence-corrected chi connectivity index (χ3v) is 3.60. The van der Waals surface area contributed by atoms with Crippen LogP contribution in [0.3, 0.4) is 0 Å². The number of hydrogen-bond acceptors (Lipinski definition) is 5. The van der Waals surface area contributed by atoms with Crippen LogP contribution in [0, 0.1) is 24.0 Å². The summed E-state index contributed by atoms with van der Waals surface area (Å²) in [5, 5.41) is 18.9. The van der Waals surface area contributed by atoms with Crippen molar-refractivity contribution in [1.29, 1.82) is 0 Å². The van der Waals surface area contributed by atoms with Crippen molar-refractivity contribution in [2.75, 3.05) is 13.7 Å². The highest BCUT2D eigenvalue weighted by molar-refractivity contribution is 5.54. The minimum absolute atomic E-state index is 0.0687. The highest BCUT2D eigenvalue weighted by atomic mass is 16.6. The Morgan fingerprint density at radius 3 is 2.73 bits per heavy atom. The van der Waals surface area contributed by atoms with Crippen LogP contribution in [0.25, 0.3) is 5.69 Å². The molecule has 1 aromatic carbocycles. The van der Waals surface area contributed by atoms with Crippen molar-refractivity contribution >= 4 is 5.69 Å². The van der Waals surface area contributed by atoms with E-state index in [1.165, 1.54) is 13.2 Å². The van der Waals surface area contributed by atoms with Crippen LogP contribution in [0.15, 0.2) is 18.2 Å². The van der Waals surface area contributed by atoms with Crippen LogP contribution in [-0.4, -0.2) is 28.4 Å². The lowest BCUT2D eigenvalue weighted by atomic mass is 10.2. The number of ether oxygens (including phenoxy) is 1. The van der Waals surface area contributed by atoms with Gasteiger partial charge in [0.1, 0.15) is 0 Å². The predicted octanol–water partition coefficient (Wildman–Crippen LogP) is 2.52. The fourth-order valence-electron chi connectivity index (χ4n) is 2.39. The quantitative estimate of drug-likeness (QED) is 0.655. The van der Waals surface area contributed by atoms with Gasteiger partial charge in [0.2, 0.25) is 0 Å². The summed E-state index contributed by atoms with van der Waals surface area (Å²) in [6.07, 6.45) is 0. The number of aromatic nitrogens is 2. The second-order valence-electron chi connectivity index (χ2n) is 4.95. The van der Waals surface area contributed by atoms with E-state index in [1.807, 2.05) is 20.8 Å². The Hall–Kier alpha value is -2.41. The fourth-order valence-corrected chi connectivity index (χ4v) is 2.39. The average Bonchev–Trinajstić information content (AvgIpc) is 2.79. The van der Waals surface area contributed by atoms with Crippen LogP contribution in [0.1, 0.15) is 23.9 Å². The first-order chi connectivity index (χ1) is 10.5. The van der Waals surface area contributed by atoms with Gasteiger partial charge in [-0.2, -0.15) is 5.10 Å². The first-order valence-electron chi connectivity index (χ1n) is 7.08. The SMILES string of the molecule is CCNCc1c(C)nn(-c2ccc(OC)c([N+](=O)[O-])c2)c1C. The zero-order valence-electron chi connectivity index (χ0n) is 13.2. The molecule has 0 aliphatic rings. The molecule has 7 nitrogen and oxygen atoms in total. The molecule has 0 amide bonds.